The molecule has 4 rings (SSSR count). The lowest BCUT2D eigenvalue weighted by Crippen LogP contribution is -1.75. The van der Waals surface area contributed by atoms with Gasteiger partial charge in [0.1, 0.15) is 0 Å². The summed E-state index contributed by atoms with van der Waals surface area (Å²) in [7, 11) is 0. The van der Waals surface area contributed by atoms with Crippen LogP contribution in [0, 0.1) is 0 Å². The molecule has 0 fully saturated rings. The van der Waals surface area contributed by atoms with Crippen LogP contribution >= 0.6 is 0 Å². The first-order valence-electron chi connectivity index (χ1n) is 6.29. The molecule has 0 spiro atoms. The van der Waals surface area contributed by atoms with E-state index in [-0.39, 0.29) is 0 Å². The predicted molar refractivity (Wildman–Crippen MR) is 80.2 cm³/mol. The molecule has 0 radical (unpaired) electrons. The van der Waals surface area contributed by atoms with Gasteiger partial charge in [-0.2, -0.15) is 0 Å². The minimum absolute atomic E-state index is 1.31. The molecule has 1 heterocycles. The Labute approximate surface area is 112 Å². The normalized spacial score (nSPS) is 10.1. The third-order valence-electron chi connectivity index (χ3n) is 3.08. The number of hydrogen-bond acceptors (Lipinski definition) is 1. The van der Waals surface area contributed by atoms with E-state index in [9.17, 15) is 0 Å². The minimum atomic E-state index is 1.31. The topological polar surface area (TPSA) is 13.1 Å². The van der Waals surface area contributed by atoms with Gasteiger partial charge in [0.05, 0.1) is 12.5 Å². The second kappa shape index (κ2) is 5.40. The molecule has 1 heteroatoms. The van der Waals surface area contributed by atoms with Gasteiger partial charge < -0.3 is 4.42 Å². The van der Waals surface area contributed by atoms with Gasteiger partial charge in [0.15, 0.2) is 0 Å². The van der Waals surface area contributed by atoms with E-state index in [2.05, 4.69) is 65.1 Å². The molecular weight excluding hydrogens is 232 g/mol. The molecule has 0 aliphatic heterocycles. The lowest BCUT2D eigenvalue weighted by molar-refractivity contribution is 0.567. The molecule has 0 bridgehead atoms. The molecule has 4 aromatic rings. The van der Waals surface area contributed by atoms with Gasteiger partial charge in [-0.15, -0.1) is 0 Å². The van der Waals surface area contributed by atoms with Gasteiger partial charge in [-0.25, -0.2) is 0 Å². The van der Waals surface area contributed by atoms with E-state index in [1.54, 1.807) is 12.5 Å². The fourth-order valence-electron chi connectivity index (χ4n) is 2.18. The zero-order valence-electron chi connectivity index (χ0n) is 10.5. The lowest BCUT2D eigenvalue weighted by atomic mass is 10.0. The molecule has 1 nitrogen and oxygen atoms in total. The molecule has 0 aliphatic carbocycles. The maximum Gasteiger partial charge on any atom is 0.0902 e. The highest BCUT2D eigenvalue weighted by Crippen LogP contribution is 2.24. The van der Waals surface area contributed by atoms with Crippen LogP contribution in [-0.2, 0) is 0 Å². The zero-order valence-corrected chi connectivity index (χ0v) is 10.5. The number of benzene rings is 3. The summed E-state index contributed by atoms with van der Waals surface area (Å²) in [5.41, 5.74) is 0. The summed E-state index contributed by atoms with van der Waals surface area (Å²) in [6, 6.07) is 25.0. The summed E-state index contributed by atoms with van der Waals surface area (Å²) in [6.45, 7) is 0. The van der Waals surface area contributed by atoms with Crippen LogP contribution in [0.4, 0.5) is 0 Å². The van der Waals surface area contributed by atoms with E-state index in [1.807, 2.05) is 12.1 Å². The zero-order chi connectivity index (χ0) is 12.9. The van der Waals surface area contributed by atoms with Gasteiger partial charge >= 0.3 is 0 Å². The Hall–Kier alpha value is -2.54. The van der Waals surface area contributed by atoms with Crippen LogP contribution < -0.4 is 0 Å². The van der Waals surface area contributed by atoms with Gasteiger partial charge in [-0.05, 0) is 33.7 Å². The molecule has 0 atom stereocenters. The fourth-order valence-corrected chi connectivity index (χ4v) is 2.18. The summed E-state index contributed by atoms with van der Waals surface area (Å²) >= 11 is 0. The van der Waals surface area contributed by atoms with Crippen molar-refractivity contribution < 1.29 is 4.42 Å². The third-order valence-corrected chi connectivity index (χ3v) is 3.08. The maximum atomic E-state index is 4.58. The summed E-state index contributed by atoms with van der Waals surface area (Å²) in [5.74, 6) is 0. The van der Waals surface area contributed by atoms with Crippen LogP contribution in [0.15, 0.2) is 89.7 Å². The van der Waals surface area contributed by atoms with Crippen molar-refractivity contribution in [3.63, 3.8) is 0 Å². The maximum absolute atomic E-state index is 4.58. The smallest absolute Gasteiger partial charge is 0.0902 e. The Bertz CT molecular complexity index is 698. The van der Waals surface area contributed by atoms with E-state index in [1.165, 1.54) is 21.5 Å². The number of hydrogen-bond donors (Lipinski definition) is 0. The highest BCUT2D eigenvalue weighted by atomic mass is 16.3. The van der Waals surface area contributed by atoms with Gasteiger partial charge in [-0.1, -0.05) is 60.7 Å². The van der Waals surface area contributed by atoms with Crippen LogP contribution in [-0.4, -0.2) is 0 Å². The van der Waals surface area contributed by atoms with Crippen molar-refractivity contribution in [2.75, 3.05) is 0 Å². The van der Waals surface area contributed by atoms with Gasteiger partial charge in [0, 0.05) is 0 Å². The van der Waals surface area contributed by atoms with E-state index in [4.69, 9.17) is 0 Å². The number of furan rings is 1. The average Bonchev–Trinajstić information content (AvgIpc) is 3.07. The minimum Gasteiger partial charge on any atom is -0.473 e. The molecule has 0 saturated heterocycles. The van der Waals surface area contributed by atoms with Crippen LogP contribution in [0.5, 0.6) is 0 Å². The summed E-state index contributed by atoms with van der Waals surface area (Å²) < 4.78 is 4.58. The molecule has 0 unspecified atom stereocenters. The van der Waals surface area contributed by atoms with Crippen molar-refractivity contribution in [3.8, 4) is 0 Å². The Morgan fingerprint density at radius 3 is 1.37 bits per heavy atom. The Morgan fingerprint density at radius 2 is 0.947 bits per heavy atom. The quantitative estimate of drug-likeness (QED) is 0.385. The third kappa shape index (κ3) is 2.50. The molecule has 0 amide bonds. The molecule has 19 heavy (non-hydrogen) atoms. The van der Waals surface area contributed by atoms with Crippen LogP contribution in [0.2, 0.25) is 0 Å². The van der Waals surface area contributed by atoms with Crippen molar-refractivity contribution in [1.82, 2.24) is 0 Å². The van der Waals surface area contributed by atoms with Crippen molar-refractivity contribution in [2.24, 2.45) is 0 Å². The molecule has 3 aromatic carbocycles. The van der Waals surface area contributed by atoms with E-state index < -0.39 is 0 Å². The first-order valence-corrected chi connectivity index (χ1v) is 6.29. The molecular formula is C18H14O. The molecule has 1 aromatic heterocycles. The van der Waals surface area contributed by atoms with E-state index in [0.717, 1.165) is 0 Å². The highest BCUT2D eigenvalue weighted by Gasteiger charge is 1.97. The summed E-state index contributed by atoms with van der Waals surface area (Å²) in [6.07, 6.45) is 3.25. The van der Waals surface area contributed by atoms with Crippen molar-refractivity contribution in [1.29, 1.82) is 0 Å². The van der Waals surface area contributed by atoms with E-state index >= 15 is 0 Å². The Balaban J connectivity index is 0.000000187. The molecule has 0 N–H and O–H groups in total. The predicted octanol–water partition coefficient (Wildman–Crippen LogP) is 5.27. The monoisotopic (exact) mass is 246 g/mol. The van der Waals surface area contributed by atoms with Crippen molar-refractivity contribution in [2.45, 2.75) is 0 Å². The second-order valence-electron chi connectivity index (χ2n) is 4.30. The lowest BCUT2D eigenvalue weighted by Gasteiger charge is -2.02. The summed E-state index contributed by atoms with van der Waals surface area (Å²) in [4.78, 5) is 0. The Morgan fingerprint density at radius 1 is 0.474 bits per heavy atom. The standard InChI is InChI=1S/C14H10.C4H4O/c1-3-7-13-11(5-1)9-10-12-6-2-4-8-14(12)13;1-2-4-5-3-1/h1-10H;1-4H. The first-order chi connectivity index (χ1) is 9.45. The Kier molecular flexibility index (Phi) is 3.28. The second-order valence-corrected chi connectivity index (χ2v) is 4.30. The van der Waals surface area contributed by atoms with Crippen LogP contribution in [0.1, 0.15) is 0 Å². The summed E-state index contributed by atoms with van der Waals surface area (Å²) in [5, 5.41) is 5.30. The highest BCUT2D eigenvalue weighted by molar-refractivity contribution is 6.07. The number of rotatable bonds is 0. The SMILES string of the molecule is c1ccc2c(c1)ccc1ccccc12.c1ccoc1. The fraction of sp³-hybridized carbons (Fsp3) is 0. The van der Waals surface area contributed by atoms with Gasteiger partial charge in [-0.3, -0.25) is 0 Å². The number of fused-ring (bicyclic) bond motifs is 3. The largest absolute Gasteiger partial charge is 0.473 e. The van der Waals surface area contributed by atoms with Crippen LogP contribution in [0.25, 0.3) is 21.5 Å². The molecule has 0 aliphatic rings. The van der Waals surface area contributed by atoms with Crippen LogP contribution in [0.3, 0.4) is 0 Å². The molecule has 92 valence electrons. The van der Waals surface area contributed by atoms with E-state index in [0.29, 0.717) is 0 Å². The van der Waals surface area contributed by atoms with Crippen molar-refractivity contribution in [3.05, 3.63) is 85.3 Å². The van der Waals surface area contributed by atoms with Gasteiger partial charge in [0.2, 0.25) is 0 Å². The van der Waals surface area contributed by atoms with Crippen molar-refractivity contribution >= 4 is 21.5 Å². The molecule has 0 saturated carbocycles. The first kappa shape index (κ1) is 11.5. The average molecular weight is 246 g/mol. The van der Waals surface area contributed by atoms with Gasteiger partial charge in [0.25, 0.3) is 0 Å².